The van der Waals surface area contributed by atoms with Crippen LogP contribution in [0.2, 0.25) is 0 Å². The highest BCUT2D eigenvalue weighted by molar-refractivity contribution is 5.95. The van der Waals surface area contributed by atoms with Crippen molar-refractivity contribution in [2.75, 3.05) is 18.8 Å². The summed E-state index contributed by atoms with van der Waals surface area (Å²) in [5, 5.41) is 18.7. The second-order valence-corrected chi connectivity index (χ2v) is 4.08. The molecule has 1 aliphatic heterocycles. The average molecular weight is 240 g/mol. The topological polar surface area (TPSA) is 86.8 Å². The van der Waals surface area contributed by atoms with Gasteiger partial charge in [-0.15, -0.1) is 0 Å². The Morgan fingerprint density at radius 3 is 2.47 bits per heavy atom. The molecule has 1 aromatic rings. The van der Waals surface area contributed by atoms with Gasteiger partial charge in [-0.1, -0.05) is 0 Å². The number of hydrogen-bond donors (Lipinski definition) is 3. The lowest BCUT2D eigenvalue weighted by Gasteiger charge is -2.15. The highest BCUT2D eigenvalue weighted by Gasteiger charge is 2.32. The first-order chi connectivity index (χ1) is 7.99. The van der Waals surface area contributed by atoms with E-state index in [1.54, 1.807) is 0 Å². The van der Waals surface area contributed by atoms with E-state index in [1.165, 1.54) is 17.0 Å². The monoisotopic (exact) mass is 240 g/mol. The van der Waals surface area contributed by atoms with Crippen molar-refractivity contribution < 1.29 is 19.4 Å². The SMILES string of the molecule is Nc1cc(C(=O)N2C[C@@H](O)[C@@H](O)C2)ccc1F. The van der Waals surface area contributed by atoms with E-state index in [0.717, 1.165) is 6.07 Å². The smallest absolute Gasteiger partial charge is 0.254 e. The first-order valence-electron chi connectivity index (χ1n) is 5.19. The second-order valence-electron chi connectivity index (χ2n) is 4.08. The zero-order valence-electron chi connectivity index (χ0n) is 9.01. The number of nitrogens with two attached hydrogens (primary N) is 1. The number of benzene rings is 1. The van der Waals surface area contributed by atoms with Crippen molar-refractivity contribution in [3.05, 3.63) is 29.6 Å². The molecule has 17 heavy (non-hydrogen) atoms. The minimum absolute atomic E-state index is 0.0667. The molecule has 1 heterocycles. The standard InChI is InChI=1S/C11H13FN2O3/c12-7-2-1-6(3-8(7)13)11(17)14-4-9(15)10(16)5-14/h1-3,9-10,15-16H,4-5,13H2/t9-,10+. The molecule has 92 valence electrons. The number of halogens is 1. The second kappa shape index (κ2) is 4.31. The van der Waals surface area contributed by atoms with E-state index in [-0.39, 0.29) is 30.2 Å². The number of amides is 1. The highest BCUT2D eigenvalue weighted by Crippen LogP contribution is 2.17. The van der Waals surface area contributed by atoms with Gasteiger partial charge in [0.1, 0.15) is 5.82 Å². The number of aliphatic hydroxyl groups is 2. The predicted molar refractivity (Wildman–Crippen MR) is 58.7 cm³/mol. The van der Waals surface area contributed by atoms with Crippen LogP contribution >= 0.6 is 0 Å². The van der Waals surface area contributed by atoms with E-state index in [2.05, 4.69) is 0 Å². The van der Waals surface area contributed by atoms with Gasteiger partial charge in [0.05, 0.1) is 17.9 Å². The van der Waals surface area contributed by atoms with Crippen LogP contribution in [0.15, 0.2) is 18.2 Å². The number of carbonyl (C=O) groups is 1. The maximum Gasteiger partial charge on any atom is 0.254 e. The van der Waals surface area contributed by atoms with Gasteiger partial charge in [-0.3, -0.25) is 4.79 Å². The Hall–Kier alpha value is -1.66. The van der Waals surface area contributed by atoms with E-state index in [0.29, 0.717) is 0 Å². The molecule has 1 aliphatic rings. The van der Waals surface area contributed by atoms with Gasteiger partial charge in [-0.2, -0.15) is 0 Å². The summed E-state index contributed by atoms with van der Waals surface area (Å²) in [7, 11) is 0. The number of carbonyl (C=O) groups excluding carboxylic acids is 1. The van der Waals surface area contributed by atoms with Gasteiger partial charge in [0.2, 0.25) is 0 Å². The number of aliphatic hydroxyl groups excluding tert-OH is 2. The summed E-state index contributed by atoms with van der Waals surface area (Å²) in [5.41, 5.74) is 5.51. The highest BCUT2D eigenvalue weighted by atomic mass is 19.1. The molecular formula is C11H13FN2O3. The molecule has 0 radical (unpaired) electrons. The fourth-order valence-electron chi connectivity index (χ4n) is 1.79. The molecule has 0 bridgehead atoms. The van der Waals surface area contributed by atoms with E-state index < -0.39 is 18.0 Å². The normalized spacial score (nSPS) is 24.1. The third-order valence-electron chi connectivity index (χ3n) is 2.79. The lowest BCUT2D eigenvalue weighted by atomic mass is 10.1. The van der Waals surface area contributed by atoms with Crippen LogP contribution in [0.3, 0.4) is 0 Å². The summed E-state index contributed by atoms with van der Waals surface area (Å²) in [6.07, 6.45) is -1.87. The van der Waals surface area contributed by atoms with Crippen LogP contribution < -0.4 is 5.73 Å². The van der Waals surface area contributed by atoms with Crippen LogP contribution in [0.5, 0.6) is 0 Å². The summed E-state index contributed by atoms with van der Waals surface area (Å²) < 4.78 is 12.9. The van der Waals surface area contributed by atoms with Crippen molar-refractivity contribution in [2.24, 2.45) is 0 Å². The zero-order chi connectivity index (χ0) is 12.6. The Morgan fingerprint density at radius 2 is 1.94 bits per heavy atom. The first kappa shape index (κ1) is 11.8. The van der Waals surface area contributed by atoms with Crippen LogP contribution in [0.4, 0.5) is 10.1 Å². The summed E-state index contributed by atoms with van der Waals surface area (Å²) >= 11 is 0. The molecule has 0 unspecified atom stereocenters. The van der Waals surface area contributed by atoms with Gasteiger partial charge in [-0.25, -0.2) is 4.39 Å². The van der Waals surface area contributed by atoms with Gasteiger partial charge >= 0.3 is 0 Å². The summed E-state index contributed by atoms with van der Waals surface area (Å²) in [6.45, 7) is 0.133. The van der Waals surface area contributed by atoms with Crippen molar-refractivity contribution in [3.8, 4) is 0 Å². The van der Waals surface area contributed by atoms with E-state index in [1.807, 2.05) is 0 Å². The first-order valence-corrected chi connectivity index (χ1v) is 5.19. The van der Waals surface area contributed by atoms with E-state index in [9.17, 15) is 19.4 Å². The van der Waals surface area contributed by atoms with E-state index >= 15 is 0 Å². The third-order valence-corrected chi connectivity index (χ3v) is 2.79. The largest absolute Gasteiger partial charge is 0.396 e. The molecule has 0 saturated carbocycles. The van der Waals surface area contributed by atoms with Crippen molar-refractivity contribution in [3.63, 3.8) is 0 Å². The molecule has 6 heteroatoms. The Labute approximate surface area is 97.3 Å². The summed E-state index contributed by atoms with van der Waals surface area (Å²) in [5.74, 6) is -0.963. The molecule has 0 spiro atoms. The Kier molecular flexibility index (Phi) is 2.99. The predicted octanol–water partition coefficient (Wildman–Crippen LogP) is -0.415. The molecule has 2 rings (SSSR count). The Morgan fingerprint density at radius 1 is 1.35 bits per heavy atom. The molecule has 1 aromatic carbocycles. The van der Waals surface area contributed by atoms with Crippen molar-refractivity contribution in [2.45, 2.75) is 12.2 Å². The van der Waals surface area contributed by atoms with Crippen molar-refractivity contribution in [1.29, 1.82) is 0 Å². The Balaban J connectivity index is 2.17. The number of hydrogen-bond acceptors (Lipinski definition) is 4. The molecule has 5 nitrogen and oxygen atoms in total. The Bertz CT molecular complexity index is 442. The molecule has 1 amide bonds. The molecule has 0 aromatic heterocycles. The number of rotatable bonds is 1. The molecule has 4 N–H and O–H groups in total. The minimum Gasteiger partial charge on any atom is -0.396 e. The fraction of sp³-hybridized carbons (Fsp3) is 0.364. The molecule has 1 fully saturated rings. The van der Waals surface area contributed by atoms with Crippen molar-refractivity contribution >= 4 is 11.6 Å². The maximum absolute atomic E-state index is 12.9. The van der Waals surface area contributed by atoms with Crippen LogP contribution in [-0.4, -0.2) is 46.3 Å². The van der Waals surface area contributed by atoms with Crippen LogP contribution in [0.25, 0.3) is 0 Å². The lowest BCUT2D eigenvalue weighted by Crippen LogP contribution is -2.29. The lowest BCUT2D eigenvalue weighted by molar-refractivity contribution is 0.0572. The van der Waals surface area contributed by atoms with Crippen LogP contribution in [0.1, 0.15) is 10.4 Å². The number of anilines is 1. The molecule has 0 aliphatic carbocycles. The number of β-amino-alcohol motifs (C(OH)–C–C–N with tert-alkyl or cyclic N) is 2. The summed E-state index contributed by atoms with van der Waals surface area (Å²) in [4.78, 5) is 13.2. The van der Waals surface area contributed by atoms with Gasteiger partial charge < -0.3 is 20.8 Å². The molecule has 1 saturated heterocycles. The average Bonchev–Trinajstić information content (AvgIpc) is 2.62. The van der Waals surface area contributed by atoms with Gasteiger partial charge in [0.15, 0.2) is 0 Å². The molecular weight excluding hydrogens is 227 g/mol. The van der Waals surface area contributed by atoms with Gasteiger partial charge in [0, 0.05) is 18.7 Å². The third kappa shape index (κ3) is 2.22. The fourth-order valence-corrected chi connectivity index (χ4v) is 1.79. The summed E-state index contributed by atoms with van der Waals surface area (Å²) in [6, 6.07) is 3.69. The number of nitrogens with zero attached hydrogens (tertiary/aromatic N) is 1. The van der Waals surface area contributed by atoms with Crippen LogP contribution in [-0.2, 0) is 0 Å². The molecule has 2 atom stereocenters. The maximum atomic E-state index is 12.9. The van der Waals surface area contributed by atoms with Gasteiger partial charge in [0.25, 0.3) is 5.91 Å². The number of likely N-dealkylation sites (tertiary alicyclic amines) is 1. The van der Waals surface area contributed by atoms with Gasteiger partial charge in [-0.05, 0) is 18.2 Å². The zero-order valence-corrected chi connectivity index (χ0v) is 9.01. The van der Waals surface area contributed by atoms with E-state index in [4.69, 9.17) is 5.73 Å². The van der Waals surface area contributed by atoms with Crippen molar-refractivity contribution in [1.82, 2.24) is 4.90 Å². The number of nitrogen functional groups attached to an aromatic ring is 1. The minimum atomic E-state index is -0.934. The quantitative estimate of drug-likeness (QED) is 0.582. The van der Waals surface area contributed by atoms with Crippen LogP contribution in [0, 0.1) is 5.82 Å².